The lowest BCUT2D eigenvalue weighted by molar-refractivity contribution is -0.131. The van der Waals surface area contributed by atoms with Gasteiger partial charge in [-0.15, -0.1) is 0 Å². The minimum absolute atomic E-state index is 0.101. The number of allylic oxidation sites excluding steroid dienone is 8. The van der Waals surface area contributed by atoms with E-state index >= 15 is 0 Å². The number of rotatable bonds is 6. The molecule has 0 aromatic heterocycles. The minimum Gasteiger partial charge on any atom is -0.478 e. The van der Waals surface area contributed by atoms with Crippen LogP contribution in [0.2, 0.25) is 0 Å². The molecule has 0 heterocycles. The highest BCUT2D eigenvalue weighted by Gasteiger charge is 2.27. The van der Waals surface area contributed by atoms with Crippen molar-refractivity contribution in [2.24, 2.45) is 5.41 Å². The zero-order valence-corrected chi connectivity index (χ0v) is 14.6. The first-order valence-corrected chi connectivity index (χ1v) is 8.04. The van der Waals surface area contributed by atoms with E-state index in [1.807, 2.05) is 19.1 Å². The average Bonchev–Trinajstić information content (AvgIpc) is 2.44. The SMILES string of the molecule is CC(C=CC1=C(CO)CCCC1(C)C)=CC=CC(C)=CC(=O)O. The number of aliphatic hydroxyl groups is 1. The van der Waals surface area contributed by atoms with Crippen molar-refractivity contribution in [2.45, 2.75) is 47.0 Å². The van der Waals surface area contributed by atoms with Crippen LogP contribution in [-0.2, 0) is 4.79 Å². The second-order valence-electron chi connectivity index (χ2n) is 6.74. The minimum atomic E-state index is -0.934. The van der Waals surface area contributed by atoms with Crippen LogP contribution >= 0.6 is 0 Å². The first-order valence-electron chi connectivity index (χ1n) is 8.04. The van der Waals surface area contributed by atoms with Gasteiger partial charge in [0.05, 0.1) is 6.61 Å². The molecule has 0 atom stereocenters. The summed E-state index contributed by atoms with van der Waals surface area (Å²) in [6, 6.07) is 0. The fourth-order valence-corrected chi connectivity index (χ4v) is 2.86. The van der Waals surface area contributed by atoms with Crippen molar-refractivity contribution in [1.29, 1.82) is 0 Å². The van der Waals surface area contributed by atoms with Crippen LogP contribution in [0.4, 0.5) is 0 Å². The Kier molecular flexibility index (Phi) is 7.24. The zero-order chi connectivity index (χ0) is 17.5. The second-order valence-corrected chi connectivity index (χ2v) is 6.74. The van der Waals surface area contributed by atoms with Gasteiger partial charge < -0.3 is 10.2 Å². The van der Waals surface area contributed by atoms with E-state index in [0.29, 0.717) is 5.57 Å². The largest absolute Gasteiger partial charge is 0.478 e. The van der Waals surface area contributed by atoms with Gasteiger partial charge in [0, 0.05) is 6.08 Å². The van der Waals surface area contributed by atoms with Crippen LogP contribution in [0.5, 0.6) is 0 Å². The van der Waals surface area contributed by atoms with Crippen molar-refractivity contribution in [1.82, 2.24) is 0 Å². The maximum absolute atomic E-state index is 10.5. The molecule has 1 aliphatic rings. The lowest BCUT2D eigenvalue weighted by Crippen LogP contribution is -2.21. The van der Waals surface area contributed by atoms with Gasteiger partial charge in [0.2, 0.25) is 0 Å². The van der Waals surface area contributed by atoms with Crippen LogP contribution in [0, 0.1) is 5.41 Å². The number of hydrogen-bond acceptors (Lipinski definition) is 2. The van der Waals surface area contributed by atoms with Crippen LogP contribution in [0.25, 0.3) is 0 Å². The summed E-state index contributed by atoms with van der Waals surface area (Å²) in [5.74, 6) is -0.934. The lowest BCUT2D eigenvalue weighted by Gasteiger charge is -2.33. The van der Waals surface area contributed by atoms with E-state index in [0.717, 1.165) is 30.4 Å². The Hall–Kier alpha value is -1.87. The number of carbonyl (C=O) groups is 1. The topological polar surface area (TPSA) is 57.5 Å². The Morgan fingerprint density at radius 3 is 2.52 bits per heavy atom. The maximum atomic E-state index is 10.5. The van der Waals surface area contributed by atoms with Crippen molar-refractivity contribution >= 4 is 5.97 Å². The van der Waals surface area contributed by atoms with Crippen LogP contribution in [0.3, 0.4) is 0 Å². The molecular formula is C20H28O3. The van der Waals surface area contributed by atoms with E-state index in [2.05, 4.69) is 26.0 Å². The molecule has 0 spiro atoms. The van der Waals surface area contributed by atoms with Gasteiger partial charge in [-0.1, -0.05) is 49.8 Å². The highest BCUT2D eigenvalue weighted by Crippen LogP contribution is 2.40. The first kappa shape index (κ1) is 19.2. The first-order chi connectivity index (χ1) is 10.8. The standard InChI is InChI=1S/C20H28O3/c1-15(7-5-8-16(2)13-19(22)23)10-11-18-17(14-21)9-6-12-20(18,3)4/h5,7-8,10-11,13,21H,6,9,12,14H2,1-4H3,(H,22,23). The van der Waals surface area contributed by atoms with Crippen molar-refractivity contribution in [2.75, 3.05) is 6.61 Å². The number of aliphatic hydroxyl groups excluding tert-OH is 1. The zero-order valence-electron chi connectivity index (χ0n) is 14.6. The van der Waals surface area contributed by atoms with Crippen LogP contribution in [0.1, 0.15) is 47.0 Å². The van der Waals surface area contributed by atoms with Crippen molar-refractivity contribution in [3.05, 3.63) is 58.7 Å². The van der Waals surface area contributed by atoms with Crippen LogP contribution in [0.15, 0.2) is 58.7 Å². The Labute approximate surface area is 139 Å². The summed E-state index contributed by atoms with van der Waals surface area (Å²) in [4.78, 5) is 10.5. The van der Waals surface area contributed by atoms with Crippen molar-refractivity contribution < 1.29 is 15.0 Å². The highest BCUT2D eigenvalue weighted by molar-refractivity contribution is 5.81. The average molecular weight is 316 g/mol. The monoisotopic (exact) mass is 316 g/mol. The molecule has 23 heavy (non-hydrogen) atoms. The molecule has 0 fully saturated rings. The van der Waals surface area contributed by atoms with Gasteiger partial charge in [-0.3, -0.25) is 0 Å². The summed E-state index contributed by atoms with van der Waals surface area (Å²) in [5.41, 5.74) is 4.26. The lowest BCUT2D eigenvalue weighted by atomic mass is 9.72. The quantitative estimate of drug-likeness (QED) is 0.557. The van der Waals surface area contributed by atoms with E-state index in [9.17, 15) is 9.90 Å². The highest BCUT2D eigenvalue weighted by atomic mass is 16.4. The van der Waals surface area contributed by atoms with Gasteiger partial charge in [-0.05, 0) is 55.2 Å². The fraction of sp³-hybridized carbons (Fsp3) is 0.450. The van der Waals surface area contributed by atoms with Crippen molar-refractivity contribution in [3.8, 4) is 0 Å². The summed E-state index contributed by atoms with van der Waals surface area (Å²) >= 11 is 0. The summed E-state index contributed by atoms with van der Waals surface area (Å²) < 4.78 is 0. The molecule has 0 saturated heterocycles. The van der Waals surface area contributed by atoms with Crippen LogP contribution < -0.4 is 0 Å². The third kappa shape index (κ3) is 6.41. The molecule has 126 valence electrons. The molecule has 0 aromatic carbocycles. The van der Waals surface area contributed by atoms with Gasteiger partial charge in [0.1, 0.15) is 0 Å². The van der Waals surface area contributed by atoms with Crippen LogP contribution in [-0.4, -0.2) is 22.8 Å². The number of carboxylic acids is 1. The molecule has 0 unspecified atom stereocenters. The molecular weight excluding hydrogens is 288 g/mol. The third-order valence-corrected chi connectivity index (χ3v) is 4.16. The molecule has 3 heteroatoms. The van der Waals surface area contributed by atoms with E-state index in [1.54, 1.807) is 13.0 Å². The molecule has 0 radical (unpaired) electrons. The van der Waals surface area contributed by atoms with Crippen molar-refractivity contribution in [3.63, 3.8) is 0 Å². The van der Waals surface area contributed by atoms with Gasteiger partial charge in [-0.25, -0.2) is 4.79 Å². The normalized spacial score (nSPS) is 19.9. The molecule has 3 nitrogen and oxygen atoms in total. The Morgan fingerprint density at radius 2 is 1.91 bits per heavy atom. The predicted octanol–water partition coefficient (Wildman–Crippen LogP) is 4.58. The second kappa shape index (κ2) is 8.68. The van der Waals surface area contributed by atoms with Gasteiger partial charge in [-0.2, -0.15) is 0 Å². The van der Waals surface area contributed by atoms with E-state index < -0.39 is 5.97 Å². The number of carboxylic acid groups (broad SMARTS) is 1. The summed E-state index contributed by atoms with van der Waals surface area (Å²) in [6.07, 6.45) is 14.2. The maximum Gasteiger partial charge on any atom is 0.328 e. The summed E-state index contributed by atoms with van der Waals surface area (Å²) in [6.45, 7) is 8.34. The van der Waals surface area contributed by atoms with Gasteiger partial charge >= 0.3 is 5.97 Å². The Bertz CT molecular complexity index is 584. The van der Waals surface area contributed by atoms with Gasteiger partial charge in [0.15, 0.2) is 0 Å². The van der Waals surface area contributed by atoms with E-state index in [-0.39, 0.29) is 12.0 Å². The molecule has 0 amide bonds. The third-order valence-electron chi connectivity index (χ3n) is 4.16. The molecule has 0 aliphatic heterocycles. The summed E-state index contributed by atoms with van der Waals surface area (Å²) in [7, 11) is 0. The molecule has 2 N–H and O–H groups in total. The summed E-state index contributed by atoms with van der Waals surface area (Å²) in [5, 5.41) is 18.2. The Morgan fingerprint density at radius 1 is 1.22 bits per heavy atom. The number of aliphatic carboxylic acids is 1. The molecule has 0 saturated carbocycles. The van der Waals surface area contributed by atoms with Gasteiger partial charge in [0.25, 0.3) is 0 Å². The molecule has 0 bridgehead atoms. The number of hydrogen-bond donors (Lipinski definition) is 2. The predicted molar refractivity (Wildman–Crippen MR) is 95.2 cm³/mol. The Balaban J connectivity index is 2.86. The fourth-order valence-electron chi connectivity index (χ4n) is 2.86. The smallest absolute Gasteiger partial charge is 0.328 e. The van der Waals surface area contributed by atoms with E-state index in [4.69, 9.17) is 5.11 Å². The van der Waals surface area contributed by atoms with E-state index in [1.165, 1.54) is 11.6 Å². The molecule has 1 aliphatic carbocycles. The molecule has 0 aromatic rings. The molecule has 1 rings (SSSR count).